The van der Waals surface area contributed by atoms with Gasteiger partial charge in [-0.25, -0.2) is 4.98 Å². The van der Waals surface area contributed by atoms with E-state index in [1.165, 1.54) is 6.07 Å². The third-order valence-electron chi connectivity index (χ3n) is 2.30. The SMILES string of the molecule is Cc1cc([N+](=O)[O-])c(Nc2c[c]ccc2)nc1Cl. The van der Waals surface area contributed by atoms with Gasteiger partial charge in [-0.05, 0) is 30.7 Å². The van der Waals surface area contributed by atoms with E-state index >= 15 is 0 Å². The van der Waals surface area contributed by atoms with Crippen LogP contribution in [0.4, 0.5) is 17.2 Å². The van der Waals surface area contributed by atoms with Gasteiger partial charge in [-0.1, -0.05) is 23.7 Å². The second-order valence-corrected chi connectivity index (χ2v) is 4.00. The minimum atomic E-state index is -0.495. The van der Waals surface area contributed by atoms with Crippen molar-refractivity contribution in [2.24, 2.45) is 0 Å². The third-order valence-corrected chi connectivity index (χ3v) is 2.68. The van der Waals surface area contributed by atoms with E-state index in [0.717, 1.165) is 0 Å². The van der Waals surface area contributed by atoms with Crippen LogP contribution in [0.15, 0.2) is 30.3 Å². The first-order chi connectivity index (χ1) is 8.58. The molecule has 0 bridgehead atoms. The maximum atomic E-state index is 11.0. The van der Waals surface area contributed by atoms with Crippen molar-refractivity contribution >= 4 is 28.8 Å². The van der Waals surface area contributed by atoms with Crippen LogP contribution in [0, 0.1) is 23.1 Å². The number of rotatable bonds is 3. The Morgan fingerprint density at radius 3 is 2.94 bits per heavy atom. The van der Waals surface area contributed by atoms with Crippen LogP contribution < -0.4 is 5.32 Å². The van der Waals surface area contributed by atoms with Crippen LogP contribution in [0.1, 0.15) is 5.56 Å². The summed E-state index contributed by atoms with van der Waals surface area (Å²) in [5.74, 6) is 0.121. The van der Waals surface area contributed by atoms with Gasteiger partial charge in [0, 0.05) is 11.8 Å². The number of aromatic nitrogens is 1. The van der Waals surface area contributed by atoms with Gasteiger partial charge in [-0.3, -0.25) is 10.1 Å². The highest BCUT2D eigenvalue weighted by molar-refractivity contribution is 6.30. The number of nitrogens with one attached hydrogen (secondary N) is 1. The zero-order chi connectivity index (χ0) is 13.1. The predicted molar refractivity (Wildman–Crippen MR) is 69.2 cm³/mol. The molecule has 1 radical (unpaired) electrons. The van der Waals surface area contributed by atoms with Crippen LogP contribution in [-0.2, 0) is 0 Å². The molecule has 5 nitrogen and oxygen atoms in total. The second kappa shape index (κ2) is 5.01. The number of hydrogen-bond acceptors (Lipinski definition) is 4. The minimum Gasteiger partial charge on any atom is -0.334 e. The van der Waals surface area contributed by atoms with Gasteiger partial charge in [0.25, 0.3) is 0 Å². The quantitative estimate of drug-likeness (QED) is 0.522. The zero-order valence-corrected chi connectivity index (χ0v) is 10.2. The van der Waals surface area contributed by atoms with Crippen LogP contribution in [0.25, 0.3) is 0 Å². The number of benzene rings is 1. The predicted octanol–water partition coefficient (Wildman–Crippen LogP) is 3.50. The normalized spacial score (nSPS) is 10.1. The molecule has 2 aromatic rings. The molecular weight excluding hydrogens is 254 g/mol. The van der Waals surface area contributed by atoms with E-state index in [9.17, 15) is 10.1 Å². The van der Waals surface area contributed by atoms with Crippen molar-refractivity contribution in [3.8, 4) is 0 Å². The van der Waals surface area contributed by atoms with Gasteiger partial charge in [0.2, 0.25) is 5.82 Å². The van der Waals surface area contributed by atoms with Gasteiger partial charge in [0.15, 0.2) is 0 Å². The van der Waals surface area contributed by atoms with Crippen LogP contribution in [0.3, 0.4) is 0 Å². The Morgan fingerprint density at radius 2 is 2.33 bits per heavy atom. The lowest BCUT2D eigenvalue weighted by atomic mass is 10.2. The maximum absolute atomic E-state index is 11.0. The first-order valence-electron chi connectivity index (χ1n) is 5.12. The lowest BCUT2D eigenvalue weighted by molar-refractivity contribution is -0.384. The van der Waals surface area contributed by atoms with Crippen molar-refractivity contribution in [1.29, 1.82) is 0 Å². The Balaban J connectivity index is 2.43. The summed E-state index contributed by atoms with van der Waals surface area (Å²) in [7, 11) is 0. The summed E-state index contributed by atoms with van der Waals surface area (Å²) >= 11 is 5.88. The molecule has 0 amide bonds. The topological polar surface area (TPSA) is 68.1 Å². The fourth-order valence-electron chi connectivity index (χ4n) is 1.42. The van der Waals surface area contributed by atoms with Crippen LogP contribution >= 0.6 is 11.6 Å². The van der Waals surface area contributed by atoms with Crippen molar-refractivity contribution in [2.75, 3.05) is 5.32 Å². The molecule has 1 aromatic carbocycles. The lowest BCUT2D eigenvalue weighted by Gasteiger charge is -2.07. The molecule has 0 atom stereocenters. The molecule has 0 fully saturated rings. The molecule has 6 heteroatoms. The fourth-order valence-corrected chi connectivity index (χ4v) is 1.55. The van der Waals surface area contributed by atoms with Gasteiger partial charge < -0.3 is 5.32 Å². The van der Waals surface area contributed by atoms with Crippen LogP contribution in [-0.4, -0.2) is 9.91 Å². The van der Waals surface area contributed by atoms with Gasteiger partial charge >= 0.3 is 5.69 Å². The smallest absolute Gasteiger partial charge is 0.312 e. The lowest BCUT2D eigenvalue weighted by Crippen LogP contribution is -2.01. The van der Waals surface area contributed by atoms with Crippen molar-refractivity contribution in [3.05, 3.63) is 57.2 Å². The largest absolute Gasteiger partial charge is 0.334 e. The van der Waals surface area contributed by atoms with Crippen LogP contribution in [0.5, 0.6) is 0 Å². The molecular formula is C12H9ClN3O2. The molecule has 91 valence electrons. The monoisotopic (exact) mass is 262 g/mol. The number of nitro groups is 1. The van der Waals surface area contributed by atoms with Gasteiger partial charge in [0.1, 0.15) is 5.15 Å². The highest BCUT2D eigenvalue weighted by Gasteiger charge is 2.17. The van der Waals surface area contributed by atoms with E-state index < -0.39 is 4.92 Å². The summed E-state index contributed by atoms with van der Waals surface area (Å²) < 4.78 is 0. The summed E-state index contributed by atoms with van der Waals surface area (Å²) in [6.07, 6.45) is 0. The van der Waals surface area contributed by atoms with Gasteiger partial charge in [-0.15, -0.1) is 0 Å². The average Bonchev–Trinajstić information content (AvgIpc) is 2.34. The van der Waals surface area contributed by atoms with E-state index in [-0.39, 0.29) is 16.7 Å². The molecule has 0 saturated carbocycles. The molecule has 1 N–H and O–H groups in total. The number of pyridine rings is 1. The van der Waals surface area contributed by atoms with Crippen LogP contribution in [0.2, 0.25) is 5.15 Å². The van der Waals surface area contributed by atoms with E-state index in [1.54, 1.807) is 31.2 Å². The molecule has 1 aromatic heterocycles. The molecule has 2 rings (SSSR count). The molecule has 1 heterocycles. The molecule has 18 heavy (non-hydrogen) atoms. The van der Waals surface area contributed by atoms with Crippen molar-refractivity contribution < 1.29 is 4.92 Å². The highest BCUT2D eigenvalue weighted by Crippen LogP contribution is 2.29. The number of aryl methyl sites for hydroxylation is 1. The first kappa shape index (κ1) is 12.3. The molecule has 0 spiro atoms. The zero-order valence-electron chi connectivity index (χ0n) is 9.48. The Labute approximate surface area is 109 Å². The third kappa shape index (κ3) is 2.57. The Bertz CT molecular complexity index is 587. The van der Waals surface area contributed by atoms with E-state index in [2.05, 4.69) is 16.4 Å². The molecule has 0 aliphatic carbocycles. The molecule has 0 aliphatic rings. The number of halogens is 1. The highest BCUT2D eigenvalue weighted by atomic mass is 35.5. The van der Waals surface area contributed by atoms with Crippen molar-refractivity contribution in [1.82, 2.24) is 4.98 Å². The molecule has 0 saturated heterocycles. The van der Waals surface area contributed by atoms with Crippen molar-refractivity contribution in [2.45, 2.75) is 6.92 Å². The van der Waals surface area contributed by atoms with Gasteiger partial charge in [-0.2, -0.15) is 0 Å². The first-order valence-corrected chi connectivity index (χ1v) is 5.50. The maximum Gasteiger partial charge on any atom is 0.312 e. The van der Waals surface area contributed by atoms with Crippen molar-refractivity contribution in [3.63, 3.8) is 0 Å². The summed E-state index contributed by atoms with van der Waals surface area (Å²) in [6.45, 7) is 1.67. The minimum absolute atomic E-state index is 0.110. The van der Waals surface area contributed by atoms with E-state index in [1.807, 2.05) is 0 Å². The summed E-state index contributed by atoms with van der Waals surface area (Å²) in [5.41, 5.74) is 1.11. The molecule has 0 aliphatic heterocycles. The average molecular weight is 263 g/mol. The number of nitrogens with zero attached hydrogens (tertiary/aromatic N) is 2. The Hall–Kier alpha value is -2.14. The van der Waals surface area contributed by atoms with E-state index in [0.29, 0.717) is 11.3 Å². The fraction of sp³-hybridized carbons (Fsp3) is 0.0833. The summed E-state index contributed by atoms with van der Waals surface area (Å²) in [4.78, 5) is 14.4. The van der Waals surface area contributed by atoms with E-state index in [4.69, 9.17) is 11.6 Å². The second-order valence-electron chi connectivity index (χ2n) is 3.64. The number of anilines is 2. The summed E-state index contributed by atoms with van der Waals surface area (Å²) in [6, 6.07) is 11.2. The van der Waals surface area contributed by atoms with Gasteiger partial charge in [0.05, 0.1) is 4.92 Å². The molecule has 0 unspecified atom stereocenters. The Kier molecular flexibility index (Phi) is 3.43. The standard InChI is InChI=1S/C12H9ClN3O2/c1-8-7-10(16(17)18)12(15-11(8)13)14-9-5-3-2-4-6-9/h2-3,5-7H,1H3,(H,14,15). The number of hydrogen-bond donors (Lipinski definition) is 1. The Morgan fingerprint density at radius 1 is 1.56 bits per heavy atom. The summed E-state index contributed by atoms with van der Waals surface area (Å²) in [5, 5.41) is 14.0.